The number of aryl methyl sites for hydroxylation is 4. The number of allylic oxidation sites excluding steroid dienone is 2. The summed E-state index contributed by atoms with van der Waals surface area (Å²) in [6, 6.07) is 11.1. The maximum Gasteiger partial charge on any atom is 0.220 e. The van der Waals surface area contributed by atoms with Crippen LogP contribution in [0.25, 0.3) is 22.7 Å². The van der Waals surface area contributed by atoms with Crippen LogP contribution in [0, 0.1) is 0 Å². The first-order valence-corrected chi connectivity index (χ1v) is 20.2. The molecule has 0 spiro atoms. The number of rotatable bonds is 19. The Hall–Kier alpha value is -4.36. The van der Waals surface area contributed by atoms with E-state index in [0.717, 1.165) is 109 Å². The average Bonchev–Trinajstić information content (AvgIpc) is 3.76. The highest BCUT2D eigenvalue weighted by Gasteiger charge is 2.26. The van der Waals surface area contributed by atoms with Gasteiger partial charge in [0.2, 0.25) is 5.95 Å². The number of aromatic nitrogens is 2. The van der Waals surface area contributed by atoms with Crippen molar-refractivity contribution in [1.82, 2.24) is 30.8 Å². The van der Waals surface area contributed by atoms with Gasteiger partial charge in [-0.3, -0.25) is 0 Å². The molecule has 1 aromatic heterocycles. The first-order valence-electron chi connectivity index (χ1n) is 20.2. The Morgan fingerprint density at radius 2 is 1.64 bits per heavy atom. The molecule has 7 nitrogen and oxygen atoms in total. The van der Waals surface area contributed by atoms with E-state index in [1.54, 1.807) is 0 Å². The number of fused-ring (bicyclic) bond motifs is 1. The largest absolute Gasteiger partial charge is 0.389 e. The van der Waals surface area contributed by atoms with Crippen LogP contribution in [-0.4, -0.2) is 47.6 Å². The Kier molecular flexibility index (Phi) is 16.7. The molecule has 5 rings (SSSR count). The average molecular weight is 718 g/mol. The quantitative estimate of drug-likeness (QED) is 0.0919. The zero-order valence-electron chi connectivity index (χ0n) is 33.2. The zero-order valence-corrected chi connectivity index (χ0v) is 33.2. The van der Waals surface area contributed by atoms with Crippen LogP contribution in [0.1, 0.15) is 118 Å². The van der Waals surface area contributed by atoms with Crippen LogP contribution in [0.2, 0.25) is 0 Å². The Bertz CT molecular complexity index is 1710. The van der Waals surface area contributed by atoms with Crippen molar-refractivity contribution >= 4 is 28.6 Å². The molecular weight excluding hydrogens is 651 g/mol. The normalized spacial score (nSPS) is 15.4. The van der Waals surface area contributed by atoms with E-state index in [-0.39, 0.29) is 6.04 Å². The van der Waals surface area contributed by atoms with Gasteiger partial charge in [-0.25, -0.2) is 9.97 Å². The lowest BCUT2D eigenvalue weighted by molar-refractivity contribution is 0.341. The van der Waals surface area contributed by atoms with Crippen LogP contribution in [-0.2, 0) is 25.7 Å². The smallest absolute Gasteiger partial charge is 0.220 e. The number of nitrogens with two attached hydrogens (primary N) is 1. The van der Waals surface area contributed by atoms with Gasteiger partial charge in [0.05, 0.1) is 17.3 Å². The van der Waals surface area contributed by atoms with Gasteiger partial charge < -0.3 is 26.6 Å². The summed E-state index contributed by atoms with van der Waals surface area (Å²) in [7, 11) is 2.11. The molecule has 1 atom stereocenters. The van der Waals surface area contributed by atoms with Crippen molar-refractivity contribution in [2.75, 3.05) is 32.4 Å². The standard InChI is InChI=1S/C42H58N6.C4H9N/c1-9-33-19-18-20-36(41(33)32(7)48(8)40-25-23-30(5)45-31(40)6)24-22-29(4)44-26-17-15-13-12-14-16-21-38-37-27-34(10-2)35(11-3)28-39(37)47-42(43)46-38;1-2-4-5-3-1/h9,18-20,27-28,40,44-45H,1,4-7,10-17,21-26H2,2-3,8H3,(H2,43,46,47);5H,1-4H2. The second kappa shape index (κ2) is 21.4. The molecule has 2 aliphatic heterocycles. The molecule has 0 aliphatic carbocycles. The van der Waals surface area contributed by atoms with E-state index >= 15 is 0 Å². The Morgan fingerprint density at radius 3 is 2.30 bits per heavy atom. The maximum atomic E-state index is 6.08. The molecule has 7 heteroatoms. The predicted octanol–water partition coefficient (Wildman–Crippen LogP) is 9.65. The van der Waals surface area contributed by atoms with Crippen molar-refractivity contribution in [3.05, 3.63) is 114 Å². The molecule has 2 saturated heterocycles. The van der Waals surface area contributed by atoms with Crippen LogP contribution < -0.4 is 21.7 Å². The topological polar surface area (TPSA) is 91.1 Å². The van der Waals surface area contributed by atoms with Crippen LogP contribution in [0.4, 0.5) is 5.95 Å². The van der Waals surface area contributed by atoms with E-state index < -0.39 is 0 Å². The van der Waals surface area contributed by atoms with E-state index in [4.69, 9.17) is 5.73 Å². The predicted molar refractivity (Wildman–Crippen MR) is 229 cm³/mol. The van der Waals surface area contributed by atoms with Crippen molar-refractivity contribution in [3.8, 4) is 0 Å². The van der Waals surface area contributed by atoms with E-state index in [2.05, 4.69) is 115 Å². The summed E-state index contributed by atoms with van der Waals surface area (Å²) >= 11 is 0. The van der Waals surface area contributed by atoms with Crippen molar-refractivity contribution in [1.29, 1.82) is 0 Å². The van der Waals surface area contributed by atoms with Crippen molar-refractivity contribution in [2.45, 2.75) is 116 Å². The number of hydrogen-bond donors (Lipinski definition) is 4. The van der Waals surface area contributed by atoms with Gasteiger partial charge in [0, 0.05) is 47.3 Å². The van der Waals surface area contributed by atoms with Crippen LogP contribution >= 0.6 is 0 Å². The molecule has 3 heterocycles. The summed E-state index contributed by atoms with van der Waals surface area (Å²) in [5.41, 5.74) is 18.5. The third kappa shape index (κ3) is 12.1. The van der Waals surface area contributed by atoms with Gasteiger partial charge in [-0.05, 0) is 118 Å². The number of nitrogens with zero attached hydrogens (tertiary/aromatic N) is 3. The lowest BCUT2D eigenvalue weighted by Crippen LogP contribution is -2.40. The number of hydrogen-bond acceptors (Lipinski definition) is 7. The Balaban J connectivity index is 0.00000115. The number of piperidine rings is 1. The molecule has 2 aromatic carbocycles. The zero-order chi connectivity index (χ0) is 38.2. The molecule has 0 radical (unpaired) electrons. The molecule has 286 valence electrons. The molecule has 0 bridgehead atoms. The number of benzene rings is 2. The summed E-state index contributed by atoms with van der Waals surface area (Å²) in [4.78, 5) is 11.4. The molecule has 5 N–H and O–H groups in total. The molecule has 0 saturated carbocycles. The third-order valence-electron chi connectivity index (χ3n) is 10.8. The number of likely N-dealkylation sites (N-methyl/N-ethyl adjacent to an activating group) is 1. The van der Waals surface area contributed by atoms with E-state index in [0.29, 0.717) is 5.95 Å². The summed E-state index contributed by atoms with van der Waals surface area (Å²) in [6.07, 6.45) is 18.5. The minimum absolute atomic E-state index is 0.173. The molecule has 53 heavy (non-hydrogen) atoms. The monoisotopic (exact) mass is 718 g/mol. The van der Waals surface area contributed by atoms with Crippen molar-refractivity contribution < 1.29 is 0 Å². The van der Waals surface area contributed by atoms with Crippen molar-refractivity contribution in [2.24, 2.45) is 0 Å². The second-order valence-corrected chi connectivity index (χ2v) is 14.7. The molecule has 2 aliphatic rings. The Labute approximate surface area is 321 Å². The molecule has 0 amide bonds. The number of anilines is 1. The van der Waals surface area contributed by atoms with Gasteiger partial charge in [0.25, 0.3) is 0 Å². The van der Waals surface area contributed by atoms with E-state index in [1.807, 2.05) is 6.08 Å². The van der Waals surface area contributed by atoms with Crippen LogP contribution in [0.5, 0.6) is 0 Å². The summed E-state index contributed by atoms with van der Waals surface area (Å²) in [5, 5.41) is 11.3. The lowest BCUT2D eigenvalue weighted by atomic mass is 9.93. The number of nitrogens with one attached hydrogen (secondary N) is 3. The fraction of sp³-hybridized carbons (Fsp3) is 0.478. The highest BCUT2D eigenvalue weighted by Crippen LogP contribution is 2.32. The summed E-state index contributed by atoms with van der Waals surface area (Å²) in [5.74, 6) is 0.382. The highest BCUT2D eigenvalue weighted by atomic mass is 15.2. The summed E-state index contributed by atoms with van der Waals surface area (Å²) in [6.45, 7) is 29.2. The minimum Gasteiger partial charge on any atom is -0.389 e. The van der Waals surface area contributed by atoms with Crippen molar-refractivity contribution in [3.63, 3.8) is 0 Å². The summed E-state index contributed by atoms with van der Waals surface area (Å²) < 4.78 is 0. The first-order chi connectivity index (χ1) is 25.7. The fourth-order valence-corrected chi connectivity index (χ4v) is 7.58. The molecular formula is C46H67N7. The fourth-order valence-electron chi connectivity index (χ4n) is 7.58. The minimum atomic E-state index is 0.173. The van der Waals surface area contributed by atoms with Gasteiger partial charge in [0.15, 0.2) is 0 Å². The van der Waals surface area contributed by atoms with Gasteiger partial charge in [-0.15, -0.1) is 0 Å². The first kappa shape index (κ1) is 41.4. The number of nitrogen functional groups attached to an aromatic ring is 1. The third-order valence-corrected chi connectivity index (χ3v) is 10.8. The van der Waals surface area contributed by atoms with Crippen LogP contribution in [0.15, 0.2) is 80.3 Å². The van der Waals surface area contributed by atoms with Gasteiger partial charge in [-0.1, -0.05) is 96.7 Å². The van der Waals surface area contributed by atoms with Gasteiger partial charge >= 0.3 is 0 Å². The maximum absolute atomic E-state index is 6.08. The number of unbranched alkanes of at least 4 members (excludes halogenated alkanes) is 5. The van der Waals surface area contributed by atoms with Gasteiger partial charge in [0.1, 0.15) is 0 Å². The van der Waals surface area contributed by atoms with E-state index in [9.17, 15) is 0 Å². The van der Waals surface area contributed by atoms with Crippen LogP contribution in [0.3, 0.4) is 0 Å². The lowest BCUT2D eigenvalue weighted by Gasteiger charge is -2.37. The van der Waals surface area contributed by atoms with Gasteiger partial charge in [-0.2, -0.15) is 0 Å². The molecule has 1 unspecified atom stereocenters. The second-order valence-electron chi connectivity index (χ2n) is 14.7. The SMILES string of the molecule is C1CCNC1.C=Cc1cccc(CCC(=C)NCCCCCCCCc2nc(N)nc3cc(CC)c(CC)cc23)c1C(=C)N(C)C1CCC(=C)NC1=C. The molecule has 3 aromatic rings. The van der Waals surface area contributed by atoms with E-state index in [1.165, 1.54) is 73.7 Å². The Morgan fingerprint density at radius 1 is 0.943 bits per heavy atom. The highest BCUT2D eigenvalue weighted by molar-refractivity contribution is 5.83. The molecule has 2 fully saturated rings.